The number of nitrogens with one attached hydrogen (secondary N) is 2. The van der Waals surface area contributed by atoms with E-state index in [1.54, 1.807) is 12.4 Å². The minimum Gasteiger partial charge on any atom is -0.368 e. The number of benzene rings is 1. The summed E-state index contributed by atoms with van der Waals surface area (Å²) in [5.41, 5.74) is 2.82. The van der Waals surface area contributed by atoms with Crippen molar-refractivity contribution in [2.45, 2.75) is 33.1 Å². The molecule has 142 valence electrons. The van der Waals surface area contributed by atoms with Crippen LogP contribution in [0.3, 0.4) is 0 Å². The maximum Gasteiger partial charge on any atom is 0.274 e. The Morgan fingerprint density at radius 1 is 1.11 bits per heavy atom. The number of carbonyl (C=O) groups excluding carboxylic acids is 1. The molecule has 3 rings (SSSR count). The Kier molecular flexibility index (Phi) is 6.41. The Bertz CT molecular complexity index is 866. The smallest absolute Gasteiger partial charge is 0.274 e. The van der Waals surface area contributed by atoms with Crippen LogP contribution in [0, 0.1) is 0 Å². The fourth-order valence-corrected chi connectivity index (χ4v) is 3.21. The molecule has 0 atom stereocenters. The number of aromatic nitrogens is 3. The highest BCUT2D eigenvalue weighted by Gasteiger charge is 2.15. The molecular weight excluding hydrogens is 338 g/mol. The van der Waals surface area contributed by atoms with Crippen molar-refractivity contribution in [3.05, 3.63) is 54.1 Å². The summed E-state index contributed by atoms with van der Waals surface area (Å²) in [5, 5.41) is 4.53. The summed E-state index contributed by atoms with van der Waals surface area (Å²) in [6.45, 7) is 6.39. The van der Waals surface area contributed by atoms with Crippen LogP contribution < -0.4 is 5.32 Å². The molecule has 2 aromatic heterocycles. The number of para-hydroxylation sites is 1. The zero-order valence-electron chi connectivity index (χ0n) is 16.0. The Morgan fingerprint density at radius 3 is 2.59 bits per heavy atom. The van der Waals surface area contributed by atoms with Crippen LogP contribution in [-0.2, 0) is 6.42 Å². The molecule has 0 spiro atoms. The number of nitrogens with zero attached hydrogens (tertiary/aromatic N) is 3. The van der Waals surface area contributed by atoms with E-state index in [1.807, 2.05) is 11.0 Å². The highest BCUT2D eigenvalue weighted by molar-refractivity contribution is 5.92. The first-order valence-corrected chi connectivity index (χ1v) is 9.63. The summed E-state index contributed by atoms with van der Waals surface area (Å²) in [7, 11) is 0. The maximum absolute atomic E-state index is 12.5. The van der Waals surface area contributed by atoms with Crippen molar-refractivity contribution in [3.8, 4) is 0 Å². The van der Waals surface area contributed by atoms with Gasteiger partial charge in [-0.15, -0.1) is 0 Å². The van der Waals surface area contributed by atoms with Crippen LogP contribution in [0.15, 0.2) is 42.9 Å². The molecule has 1 aromatic carbocycles. The first-order chi connectivity index (χ1) is 13.2. The van der Waals surface area contributed by atoms with Gasteiger partial charge in [0, 0.05) is 36.7 Å². The highest BCUT2D eigenvalue weighted by atomic mass is 16.2. The highest BCUT2D eigenvalue weighted by Crippen LogP contribution is 2.18. The van der Waals surface area contributed by atoms with Crippen molar-refractivity contribution in [2.24, 2.45) is 0 Å². The molecule has 6 heteroatoms. The SMILES string of the molecule is CCCN(CCC)C(=O)c1cnc(NCCc2c[nH]c3ccccc23)cn1. The number of fused-ring (bicyclic) bond motifs is 1. The molecule has 0 aliphatic rings. The monoisotopic (exact) mass is 365 g/mol. The van der Waals surface area contributed by atoms with E-state index < -0.39 is 0 Å². The predicted octanol–water partition coefficient (Wildman–Crippen LogP) is 3.87. The quantitative estimate of drug-likeness (QED) is 0.604. The molecule has 27 heavy (non-hydrogen) atoms. The molecule has 1 amide bonds. The second kappa shape index (κ2) is 9.16. The predicted molar refractivity (Wildman–Crippen MR) is 109 cm³/mol. The minimum atomic E-state index is -0.0449. The fourth-order valence-electron chi connectivity index (χ4n) is 3.21. The lowest BCUT2D eigenvalue weighted by atomic mass is 10.1. The maximum atomic E-state index is 12.5. The molecule has 3 aromatic rings. The van der Waals surface area contributed by atoms with E-state index in [-0.39, 0.29) is 5.91 Å². The van der Waals surface area contributed by atoms with Gasteiger partial charge in [-0.2, -0.15) is 0 Å². The molecule has 0 aliphatic heterocycles. The molecular formula is C21H27N5O. The summed E-state index contributed by atoms with van der Waals surface area (Å²) in [6.07, 6.45) is 8.01. The molecule has 6 nitrogen and oxygen atoms in total. The molecule has 0 radical (unpaired) electrons. The lowest BCUT2D eigenvalue weighted by Gasteiger charge is -2.20. The van der Waals surface area contributed by atoms with Gasteiger partial charge in [0.2, 0.25) is 0 Å². The van der Waals surface area contributed by atoms with Gasteiger partial charge in [-0.05, 0) is 30.9 Å². The van der Waals surface area contributed by atoms with E-state index in [9.17, 15) is 4.79 Å². The Hall–Kier alpha value is -2.89. The van der Waals surface area contributed by atoms with Crippen LogP contribution in [0.25, 0.3) is 10.9 Å². The van der Waals surface area contributed by atoms with Crippen LogP contribution in [0.1, 0.15) is 42.7 Å². The van der Waals surface area contributed by atoms with E-state index >= 15 is 0 Å². The Labute approximate surface area is 160 Å². The largest absolute Gasteiger partial charge is 0.368 e. The van der Waals surface area contributed by atoms with Crippen molar-refractivity contribution in [1.82, 2.24) is 19.9 Å². The van der Waals surface area contributed by atoms with E-state index in [0.717, 1.165) is 44.4 Å². The van der Waals surface area contributed by atoms with Crippen molar-refractivity contribution in [2.75, 3.05) is 25.0 Å². The van der Waals surface area contributed by atoms with Gasteiger partial charge in [0.15, 0.2) is 0 Å². The molecule has 0 fully saturated rings. The summed E-state index contributed by atoms with van der Waals surface area (Å²) >= 11 is 0. The lowest BCUT2D eigenvalue weighted by Crippen LogP contribution is -2.33. The molecule has 0 saturated carbocycles. The average molecular weight is 365 g/mol. The van der Waals surface area contributed by atoms with Gasteiger partial charge in [-0.25, -0.2) is 9.97 Å². The van der Waals surface area contributed by atoms with Gasteiger partial charge < -0.3 is 15.2 Å². The Balaban J connectivity index is 1.56. The molecule has 0 aliphatic carbocycles. The second-order valence-corrected chi connectivity index (χ2v) is 6.62. The molecule has 0 saturated heterocycles. The number of hydrogen-bond acceptors (Lipinski definition) is 4. The third-order valence-electron chi connectivity index (χ3n) is 4.52. The molecule has 0 unspecified atom stereocenters. The van der Waals surface area contributed by atoms with Crippen molar-refractivity contribution >= 4 is 22.6 Å². The number of hydrogen-bond donors (Lipinski definition) is 2. The molecule has 0 bridgehead atoms. The first kappa shape index (κ1) is 18.9. The van der Waals surface area contributed by atoms with Crippen molar-refractivity contribution in [1.29, 1.82) is 0 Å². The summed E-state index contributed by atoms with van der Waals surface area (Å²) in [5.74, 6) is 0.639. The van der Waals surface area contributed by atoms with E-state index in [2.05, 4.69) is 58.5 Å². The lowest BCUT2D eigenvalue weighted by molar-refractivity contribution is 0.0749. The summed E-state index contributed by atoms with van der Waals surface area (Å²) in [4.78, 5) is 26.3. The number of rotatable bonds is 9. The zero-order valence-corrected chi connectivity index (χ0v) is 16.0. The van der Waals surface area contributed by atoms with Crippen LogP contribution in [-0.4, -0.2) is 45.4 Å². The normalized spacial score (nSPS) is 10.9. The summed E-state index contributed by atoms with van der Waals surface area (Å²) in [6, 6.07) is 8.28. The fraction of sp³-hybridized carbons (Fsp3) is 0.381. The summed E-state index contributed by atoms with van der Waals surface area (Å²) < 4.78 is 0. The first-order valence-electron chi connectivity index (χ1n) is 9.63. The van der Waals surface area contributed by atoms with Crippen molar-refractivity contribution in [3.63, 3.8) is 0 Å². The molecule has 2 N–H and O–H groups in total. The minimum absolute atomic E-state index is 0.0449. The zero-order chi connectivity index (χ0) is 19.1. The third-order valence-corrected chi connectivity index (χ3v) is 4.52. The number of anilines is 1. The number of carbonyl (C=O) groups is 1. The average Bonchev–Trinajstić information content (AvgIpc) is 3.11. The number of amides is 1. The van der Waals surface area contributed by atoms with Gasteiger partial charge >= 0.3 is 0 Å². The Morgan fingerprint density at radius 2 is 1.89 bits per heavy atom. The van der Waals surface area contributed by atoms with E-state index in [0.29, 0.717) is 11.5 Å². The topological polar surface area (TPSA) is 73.9 Å². The van der Waals surface area contributed by atoms with Gasteiger partial charge in [0.25, 0.3) is 5.91 Å². The van der Waals surface area contributed by atoms with Crippen LogP contribution in [0.2, 0.25) is 0 Å². The van der Waals surface area contributed by atoms with E-state index in [1.165, 1.54) is 10.9 Å². The van der Waals surface area contributed by atoms with Crippen molar-refractivity contribution < 1.29 is 4.79 Å². The number of aromatic amines is 1. The van der Waals surface area contributed by atoms with Gasteiger partial charge in [0.1, 0.15) is 11.5 Å². The number of H-pyrrole nitrogens is 1. The third kappa shape index (κ3) is 4.64. The van der Waals surface area contributed by atoms with Crippen LogP contribution >= 0.6 is 0 Å². The van der Waals surface area contributed by atoms with E-state index in [4.69, 9.17) is 0 Å². The van der Waals surface area contributed by atoms with Crippen LogP contribution in [0.4, 0.5) is 5.82 Å². The standard InChI is InChI=1S/C21H27N5O/c1-3-11-26(12-4-2)21(27)19-14-25-20(15-24-19)22-10-9-16-13-23-18-8-6-5-7-17(16)18/h5-8,13-15,23H,3-4,9-12H2,1-2H3,(H,22,25). The van der Waals surface area contributed by atoms with Gasteiger partial charge in [0.05, 0.1) is 12.4 Å². The van der Waals surface area contributed by atoms with Crippen LogP contribution in [0.5, 0.6) is 0 Å². The molecule has 2 heterocycles. The second-order valence-electron chi connectivity index (χ2n) is 6.62. The van der Waals surface area contributed by atoms with Gasteiger partial charge in [-0.3, -0.25) is 4.79 Å². The van der Waals surface area contributed by atoms with Gasteiger partial charge in [-0.1, -0.05) is 32.0 Å².